The Morgan fingerprint density at radius 2 is 2.11 bits per heavy atom. The Labute approximate surface area is 162 Å². The number of carbonyl (C=O) groups excluding carboxylic acids is 1. The van der Waals surface area contributed by atoms with Crippen LogP contribution in [0.1, 0.15) is 26.2 Å². The van der Waals surface area contributed by atoms with Gasteiger partial charge in [-0.1, -0.05) is 6.07 Å². The lowest BCUT2D eigenvalue weighted by Gasteiger charge is -2.43. The summed E-state index contributed by atoms with van der Waals surface area (Å²) in [4.78, 5) is 14.5. The predicted molar refractivity (Wildman–Crippen MR) is 109 cm³/mol. The van der Waals surface area contributed by atoms with Gasteiger partial charge in [0.2, 0.25) is 0 Å². The molecule has 1 heterocycles. The van der Waals surface area contributed by atoms with Crippen LogP contribution in [0.3, 0.4) is 0 Å². The Balaban J connectivity index is 1.85. The molecule has 2 amide bonds. The zero-order valence-corrected chi connectivity index (χ0v) is 16.8. The van der Waals surface area contributed by atoms with Crippen LogP contribution in [0.15, 0.2) is 24.3 Å². The molecular weight excluding hydrogens is 344 g/mol. The van der Waals surface area contributed by atoms with E-state index in [0.29, 0.717) is 17.5 Å². The van der Waals surface area contributed by atoms with Crippen molar-refractivity contribution in [1.29, 1.82) is 0 Å². The van der Waals surface area contributed by atoms with E-state index in [-0.39, 0.29) is 18.5 Å². The van der Waals surface area contributed by atoms with Gasteiger partial charge in [-0.2, -0.15) is 0 Å². The first-order valence-corrected chi connectivity index (χ1v) is 9.61. The van der Waals surface area contributed by atoms with Crippen molar-refractivity contribution in [2.75, 3.05) is 39.6 Å². The van der Waals surface area contributed by atoms with Crippen LogP contribution in [0, 0.1) is 0 Å². The van der Waals surface area contributed by atoms with Gasteiger partial charge >= 0.3 is 6.03 Å². The molecule has 0 aromatic heterocycles. The molecular formula is C19H34N6O2. The normalized spacial score (nSPS) is 23.0. The van der Waals surface area contributed by atoms with E-state index in [9.17, 15) is 4.79 Å². The number of hydrogen-bond donors (Lipinski definition) is 5. The summed E-state index contributed by atoms with van der Waals surface area (Å²) in [5, 5.41) is 16.0. The molecule has 3 atom stereocenters. The van der Waals surface area contributed by atoms with E-state index in [2.05, 4.69) is 38.4 Å². The van der Waals surface area contributed by atoms with Gasteiger partial charge in [0.15, 0.2) is 0 Å². The minimum absolute atomic E-state index is 0.220. The van der Waals surface area contributed by atoms with Crippen LogP contribution in [0.4, 0.5) is 10.5 Å². The largest absolute Gasteiger partial charge is 0.497 e. The maximum Gasteiger partial charge on any atom is 0.321 e. The lowest BCUT2D eigenvalue weighted by atomic mass is 10.1. The van der Waals surface area contributed by atoms with Crippen LogP contribution in [0.25, 0.3) is 0 Å². The van der Waals surface area contributed by atoms with E-state index in [1.54, 1.807) is 13.2 Å². The molecule has 1 aliphatic heterocycles. The van der Waals surface area contributed by atoms with Crippen LogP contribution in [0.5, 0.6) is 5.75 Å². The zero-order valence-electron chi connectivity index (χ0n) is 16.8. The third-order valence-electron chi connectivity index (χ3n) is 4.75. The van der Waals surface area contributed by atoms with Gasteiger partial charge in [-0.05, 0) is 65.5 Å². The Bertz CT molecular complexity index is 585. The molecule has 8 heteroatoms. The molecule has 3 unspecified atom stereocenters. The molecule has 1 fully saturated rings. The number of urea groups is 1. The van der Waals surface area contributed by atoms with Crippen molar-refractivity contribution in [1.82, 2.24) is 26.2 Å². The van der Waals surface area contributed by atoms with Gasteiger partial charge in [-0.3, -0.25) is 10.2 Å². The highest BCUT2D eigenvalue weighted by atomic mass is 16.5. The third kappa shape index (κ3) is 6.99. The van der Waals surface area contributed by atoms with Crippen LogP contribution < -0.4 is 31.3 Å². The van der Waals surface area contributed by atoms with Gasteiger partial charge in [0, 0.05) is 17.8 Å². The Hall–Kier alpha value is -1.87. The number of hydrogen-bond acceptors (Lipinski definition) is 6. The van der Waals surface area contributed by atoms with Crippen molar-refractivity contribution < 1.29 is 9.53 Å². The minimum atomic E-state index is -0.255. The molecule has 1 aromatic carbocycles. The number of amides is 2. The van der Waals surface area contributed by atoms with Gasteiger partial charge in [-0.15, -0.1) is 0 Å². The summed E-state index contributed by atoms with van der Waals surface area (Å²) < 4.78 is 5.19. The fourth-order valence-corrected chi connectivity index (χ4v) is 3.19. The summed E-state index contributed by atoms with van der Waals surface area (Å²) >= 11 is 0. The second-order valence-electron chi connectivity index (χ2n) is 6.98. The smallest absolute Gasteiger partial charge is 0.321 e. The van der Waals surface area contributed by atoms with Crippen molar-refractivity contribution in [3.05, 3.63) is 24.3 Å². The quantitative estimate of drug-likeness (QED) is 0.417. The highest BCUT2D eigenvalue weighted by molar-refractivity contribution is 5.89. The minimum Gasteiger partial charge on any atom is -0.497 e. The van der Waals surface area contributed by atoms with Gasteiger partial charge in [-0.25, -0.2) is 4.79 Å². The summed E-state index contributed by atoms with van der Waals surface area (Å²) in [6.45, 7) is 4.14. The highest BCUT2D eigenvalue weighted by Crippen LogP contribution is 2.17. The molecule has 0 bridgehead atoms. The van der Waals surface area contributed by atoms with Gasteiger partial charge in [0.1, 0.15) is 12.0 Å². The Kier molecular flexibility index (Phi) is 8.80. The molecule has 2 rings (SSSR count). The zero-order chi connectivity index (χ0) is 19.6. The van der Waals surface area contributed by atoms with Crippen molar-refractivity contribution in [2.45, 2.75) is 44.7 Å². The predicted octanol–water partition coefficient (Wildman–Crippen LogP) is 1.33. The number of nitrogens with one attached hydrogen (secondary N) is 5. The number of carbonyl (C=O) groups is 1. The first kappa shape index (κ1) is 21.4. The molecule has 5 N–H and O–H groups in total. The van der Waals surface area contributed by atoms with E-state index in [0.717, 1.165) is 32.4 Å². The van der Waals surface area contributed by atoms with Crippen molar-refractivity contribution in [3.63, 3.8) is 0 Å². The summed E-state index contributed by atoms with van der Waals surface area (Å²) in [6, 6.07) is 7.35. The molecule has 1 saturated heterocycles. The van der Waals surface area contributed by atoms with E-state index >= 15 is 0 Å². The lowest BCUT2D eigenvalue weighted by Crippen LogP contribution is -2.68. The van der Waals surface area contributed by atoms with E-state index in [1.165, 1.54) is 0 Å². The van der Waals surface area contributed by atoms with E-state index < -0.39 is 0 Å². The van der Waals surface area contributed by atoms with Gasteiger partial charge in [0.05, 0.1) is 13.3 Å². The summed E-state index contributed by atoms with van der Waals surface area (Å²) in [5.41, 5.74) is 0.692. The van der Waals surface area contributed by atoms with E-state index in [4.69, 9.17) is 4.74 Å². The summed E-state index contributed by atoms with van der Waals surface area (Å²) in [5.74, 6) is 0.705. The van der Waals surface area contributed by atoms with Crippen molar-refractivity contribution in [3.8, 4) is 5.75 Å². The van der Waals surface area contributed by atoms with Crippen LogP contribution >= 0.6 is 0 Å². The third-order valence-corrected chi connectivity index (χ3v) is 4.75. The maximum absolute atomic E-state index is 12.4. The molecule has 8 nitrogen and oxygen atoms in total. The number of anilines is 1. The molecule has 0 aliphatic carbocycles. The SMILES string of the molecule is CNCCCCNC1CC(C)NC(NC(=O)Nc2cccc(OC)c2)N1C. The lowest BCUT2D eigenvalue weighted by molar-refractivity contribution is 0.0447. The standard InChI is InChI=1S/C19H34N6O2/c1-14-12-17(21-11-6-5-10-20-2)25(3)18(22-14)24-19(26)23-15-8-7-9-16(13-15)27-4/h7-9,13-14,17-18,20-22H,5-6,10-12H2,1-4H3,(H2,23,24,26). The number of nitrogens with zero attached hydrogens (tertiary/aromatic N) is 1. The first-order chi connectivity index (χ1) is 13.0. The molecule has 1 aromatic rings. The van der Waals surface area contributed by atoms with Crippen molar-refractivity contribution in [2.24, 2.45) is 0 Å². The molecule has 27 heavy (non-hydrogen) atoms. The Morgan fingerprint density at radius 3 is 2.85 bits per heavy atom. The second kappa shape index (κ2) is 11.1. The highest BCUT2D eigenvalue weighted by Gasteiger charge is 2.31. The monoisotopic (exact) mass is 378 g/mol. The fraction of sp³-hybridized carbons (Fsp3) is 0.632. The number of ether oxygens (including phenoxy) is 1. The van der Waals surface area contributed by atoms with Crippen LogP contribution in [0.2, 0.25) is 0 Å². The number of unbranched alkanes of at least 4 members (excludes halogenated alkanes) is 1. The average Bonchev–Trinajstić information content (AvgIpc) is 2.65. The number of benzene rings is 1. The average molecular weight is 379 g/mol. The molecule has 0 radical (unpaired) electrons. The fourth-order valence-electron chi connectivity index (χ4n) is 3.19. The summed E-state index contributed by atoms with van der Waals surface area (Å²) in [6.07, 6.45) is 3.24. The van der Waals surface area contributed by atoms with Gasteiger partial charge < -0.3 is 26.0 Å². The molecule has 0 spiro atoms. The molecule has 152 valence electrons. The van der Waals surface area contributed by atoms with Crippen molar-refractivity contribution >= 4 is 11.7 Å². The first-order valence-electron chi connectivity index (χ1n) is 9.61. The van der Waals surface area contributed by atoms with Crippen LogP contribution in [-0.4, -0.2) is 63.7 Å². The number of methoxy groups -OCH3 is 1. The Morgan fingerprint density at radius 1 is 1.33 bits per heavy atom. The van der Waals surface area contributed by atoms with Crippen LogP contribution in [-0.2, 0) is 0 Å². The second-order valence-corrected chi connectivity index (χ2v) is 6.98. The number of rotatable bonds is 9. The van der Waals surface area contributed by atoms with Gasteiger partial charge in [0.25, 0.3) is 0 Å². The maximum atomic E-state index is 12.4. The molecule has 0 saturated carbocycles. The topological polar surface area (TPSA) is 89.7 Å². The van der Waals surface area contributed by atoms with E-state index in [1.807, 2.05) is 32.3 Å². The summed E-state index contributed by atoms with van der Waals surface area (Å²) in [7, 11) is 5.59. The molecule has 1 aliphatic rings.